The molecular weight excluding hydrogens is 420 g/mol. The fraction of sp³-hybridized carbons (Fsp3) is 0.296. The van der Waals surface area contributed by atoms with Gasteiger partial charge in [-0.1, -0.05) is 71.8 Å². The summed E-state index contributed by atoms with van der Waals surface area (Å²) in [6.45, 7) is 6.53. The number of ether oxygens (including phenoxy) is 1. The number of piperazine rings is 1. The molecule has 0 unspecified atom stereocenters. The Hall–Kier alpha value is -2.66. The van der Waals surface area contributed by atoms with Gasteiger partial charge in [-0.05, 0) is 42.3 Å². The van der Waals surface area contributed by atoms with Crippen LogP contribution >= 0.6 is 11.6 Å². The van der Waals surface area contributed by atoms with E-state index < -0.39 is 0 Å². The van der Waals surface area contributed by atoms with Gasteiger partial charge in [0.15, 0.2) is 0 Å². The Bertz CT molecular complexity index is 1020. The molecule has 3 aromatic carbocycles. The summed E-state index contributed by atoms with van der Waals surface area (Å²) in [6.07, 6.45) is -0.0656. The maximum Gasteiger partial charge on any atom is 0.253 e. The van der Waals surface area contributed by atoms with Gasteiger partial charge < -0.3 is 9.64 Å². The lowest BCUT2D eigenvalue weighted by atomic mass is 10.1. The summed E-state index contributed by atoms with van der Waals surface area (Å²) in [5, 5.41) is 0.722. The van der Waals surface area contributed by atoms with Crippen molar-refractivity contribution in [1.29, 1.82) is 0 Å². The highest BCUT2D eigenvalue weighted by atomic mass is 35.5. The highest BCUT2D eigenvalue weighted by Crippen LogP contribution is 2.24. The minimum absolute atomic E-state index is 0.0656. The lowest BCUT2D eigenvalue weighted by molar-refractivity contribution is 0.00341. The molecule has 1 atom stereocenters. The SMILES string of the molecule is Cc1cccc(CO[C@@H](CN2CCN(C(=O)c3ccccc3)CC2)c2ccc(Cl)cc2)c1. The summed E-state index contributed by atoms with van der Waals surface area (Å²) in [5.74, 6) is 0.107. The van der Waals surface area contributed by atoms with Crippen molar-refractivity contribution < 1.29 is 9.53 Å². The van der Waals surface area contributed by atoms with E-state index in [2.05, 4.69) is 36.1 Å². The summed E-state index contributed by atoms with van der Waals surface area (Å²) in [4.78, 5) is 17.1. The van der Waals surface area contributed by atoms with E-state index in [0.29, 0.717) is 6.61 Å². The van der Waals surface area contributed by atoms with Gasteiger partial charge in [0, 0.05) is 43.3 Å². The predicted molar refractivity (Wildman–Crippen MR) is 129 cm³/mol. The van der Waals surface area contributed by atoms with E-state index in [9.17, 15) is 4.79 Å². The molecule has 0 aliphatic carbocycles. The number of benzene rings is 3. The first-order valence-electron chi connectivity index (χ1n) is 11.1. The molecular formula is C27H29ClN2O2. The Labute approximate surface area is 195 Å². The molecule has 4 rings (SSSR count). The molecule has 0 bridgehead atoms. The summed E-state index contributed by atoms with van der Waals surface area (Å²) in [7, 11) is 0. The van der Waals surface area contributed by atoms with Crippen LogP contribution in [0.3, 0.4) is 0 Å². The van der Waals surface area contributed by atoms with E-state index >= 15 is 0 Å². The first-order chi connectivity index (χ1) is 15.6. The molecule has 0 spiro atoms. The minimum Gasteiger partial charge on any atom is -0.368 e. The van der Waals surface area contributed by atoms with Crippen molar-refractivity contribution in [1.82, 2.24) is 9.80 Å². The van der Waals surface area contributed by atoms with Crippen LogP contribution in [0.5, 0.6) is 0 Å². The molecule has 1 amide bonds. The molecule has 1 aliphatic heterocycles. The number of halogens is 1. The van der Waals surface area contributed by atoms with Crippen molar-refractivity contribution in [3.63, 3.8) is 0 Å². The molecule has 32 heavy (non-hydrogen) atoms. The third kappa shape index (κ3) is 5.98. The molecule has 1 aliphatic rings. The van der Waals surface area contributed by atoms with Gasteiger partial charge in [0.05, 0.1) is 12.7 Å². The van der Waals surface area contributed by atoms with Crippen molar-refractivity contribution in [3.05, 3.63) is 106 Å². The van der Waals surface area contributed by atoms with Crippen molar-refractivity contribution in [2.45, 2.75) is 19.6 Å². The largest absolute Gasteiger partial charge is 0.368 e. The van der Waals surface area contributed by atoms with Gasteiger partial charge >= 0.3 is 0 Å². The van der Waals surface area contributed by atoms with E-state index in [4.69, 9.17) is 16.3 Å². The van der Waals surface area contributed by atoms with Gasteiger partial charge in [-0.3, -0.25) is 9.69 Å². The lowest BCUT2D eigenvalue weighted by Gasteiger charge is -2.36. The van der Waals surface area contributed by atoms with Gasteiger partial charge in [-0.25, -0.2) is 0 Å². The summed E-state index contributed by atoms with van der Waals surface area (Å²) in [5.41, 5.74) is 4.27. The first-order valence-corrected chi connectivity index (χ1v) is 11.5. The van der Waals surface area contributed by atoms with Crippen LogP contribution in [0.4, 0.5) is 0 Å². The van der Waals surface area contributed by atoms with E-state index in [0.717, 1.165) is 48.9 Å². The fourth-order valence-corrected chi connectivity index (χ4v) is 4.19. The zero-order valence-electron chi connectivity index (χ0n) is 18.4. The van der Waals surface area contributed by atoms with Gasteiger partial charge in [-0.2, -0.15) is 0 Å². The first kappa shape index (κ1) is 22.5. The second-order valence-electron chi connectivity index (χ2n) is 8.30. The van der Waals surface area contributed by atoms with Crippen molar-refractivity contribution in [2.24, 2.45) is 0 Å². The fourth-order valence-electron chi connectivity index (χ4n) is 4.06. The molecule has 3 aromatic rings. The number of carbonyl (C=O) groups excluding carboxylic acids is 1. The van der Waals surface area contributed by atoms with E-state index in [1.807, 2.05) is 59.5 Å². The predicted octanol–water partition coefficient (Wildman–Crippen LogP) is 5.36. The summed E-state index contributed by atoms with van der Waals surface area (Å²) in [6, 6.07) is 25.8. The zero-order valence-corrected chi connectivity index (χ0v) is 19.2. The lowest BCUT2D eigenvalue weighted by Crippen LogP contribution is -2.49. The number of rotatable bonds is 7. The number of aryl methyl sites for hydroxylation is 1. The monoisotopic (exact) mass is 448 g/mol. The topological polar surface area (TPSA) is 32.8 Å². The minimum atomic E-state index is -0.0656. The molecule has 0 aromatic heterocycles. The third-order valence-corrected chi connectivity index (χ3v) is 6.13. The second kappa shape index (κ2) is 10.8. The van der Waals surface area contributed by atoms with Crippen LogP contribution in [0.25, 0.3) is 0 Å². The molecule has 0 saturated carbocycles. The number of amides is 1. The van der Waals surface area contributed by atoms with Crippen LogP contribution in [0.2, 0.25) is 5.02 Å². The third-order valence-electron chi connectivity index (χ3n) is 5.88. The number of carbonyl (C=O) groups is 1. The average Bonchev–Trinajstić information content (AvgIpc) is 2.83. The quantitative estimate of drug-likeness (QED) is 0.487. The number of hydrogen-bond donors (Lipinski definition) is 0. The van der Waals surface area contributed by atoms with Crippen LogP contribution < -0.4 is 0 Å². The Morgan fingerprint density at radius 3 is 2.34 bits per heavy atom. The van der Waals surface area contributed by atoms with E-state index in [1.54, 1.807) is 0 Å². The van der Waals surface area contributed by atoms with E-state index in [1.165, 1.54) is 11.1 Å². The molecule has 1 fully saturated rings. The molecule has 0 radical (unpaired) electrons. The standard InChI is InChI=1S/C27H29ClN2O2/c1-21-6-5-7-22(18-21)20-32-26(23-10-12-25(28)13-11-23)19-29-14-16-30(17-15-29)27(31)24-8-3-2-4-9-24/h2-13,18,26H,14-17,19-20H2,1H3/t26-/m0/s1. The van der Waals surface area contributed by atoms with Crippen molar-refractivity contribution in [3.8, 4) is 0 Å². The van der Waals surface area contributed by atoms with E-state index in [-0.39, 0.29) is 12.0 Å². The molecule has 0 N–H and O–H groups in total. The number of nitrogens with zero attached hydrogens (tertiary/aromatic N) is 2. The Balaban J connectivity index is 1.38. The van der Waals surface area contributed by atoms with Gasteiger partial charge in [0.1, 0.15) is 0 Å². The van der Waals surface area contributed by atoms with Gasteiger partial charge in [0.25, 0.3) is 5.91 Å². The highest BCUT2D eigenvalue weighted by molar-refractivity contribution is 6.30. The van der Waals surface area contributed by atoms with Crippen LogP contribution in [-0.4, -0.2) is 48.4 Å². The Morgan fingerprint density at radius 1 is 0.938 bits per heavy atom. The van der Waals surface area contributed by atoms with Gasteiger partial charge in [0.2, 0.25) is 0 Å². The zero-order chi connectivity index (χ0) is 22.3. The summed E-state index contributed by atoms with van der Waals surface area (Å²) >= 11 is 6.11. The van der Waals surface area contributed by atoms with Crippen LogP contribution in [-0.2, 0) is 11.3 Å². The number of hydrogen-bond acceptors (Lipinski definition) is 3. The molecule has 1 heterocycles. The molecule has 4 nitrogen and oxygen atoms in total. The van der Waals surface area contributed by atoms with Crippen LogP contribution in [0.15, 0.2) is 78.9 Å². The average molecular weight is 449 g/mol. The Morgan fingerprint density at radius 2 is 1.66 bits per heavy atom. The highest BCUT2D eigenvalue weighted by Gasteiger charge is 2.24. The smallest absolute Gasteiger partial charge is 0.253 e. The molecule has 5 heteroatoms. The van der Waals surface area contributed by atoms with Gasteiger partial charge in [-0.15, -0.1) is 0 Å². The van der Waals surface area contributed by atoms with Crippen LogP contribution in [0.1, 0.15) is 33.2 Å². The maximum absolute atomic E-state index is 12.7. The van der Waals surface area contributed by atoms with Crippen LogP contribution in [0, 0.1) is 6.92 Å². The maximum atomic E-state index is 12.7. The molecule has 166 valence electrons. The molecule has 1 saturated heterocycles. The van der Waals surface area contributed by atoms with Crippen molar-refractivity contribution >= 4 is 17.5 Å². The normalized spacial score (nSPS) is 15.5. The second-order valence-corrected chi connectivity index (χ2v) is 8.74. The summed E-state index contributed by atoms with van der Waals surface area (Å²) < 4.78 is 6.39. The van der Waals surface area contributed by atoms with Crippen molar-refractivity contribution in [2.75, 3.05) is 32.7 Å². The Kier molecular flexibility index (Phi) is 7.59.